The Morgan fingerprint density at radius 3 is 3.13 bits per heavy atom. The van der Waals surface area contributed by atoms with E-state index in [1.807, 2.05) is 18.6 Å². The van der Waals surface area contributed by atoms with Gasteiger partial charge in [-0.05, 0) is 12.8 Å². The predicted octanol–water partition coefficient (Wildman–Crippen LogP) is 2.20. The van der Waals surface area contributed by atoms with Gasteiger partial charge < -0.3 is 14.1 Å². The second-order valence-electron chi connectivity index (χ2n) is 6.01. The van der Waals surface area contributed by atoms with Gasteiger partial charge in [-0.3, -0.25) is 0 Å². The molecule has 23 heavy (non-hydrogen) atoms. The minimum absolute atomic E-state index is 0.686. The lowest BCUT2D eigenvalue weighted by molar-refractivity contribution is 0.648. The molecule has 1 aliphatic rings. The zero-order valence-corrected chi connectivity index (χ0v) is 13.4. The Kier molecular flexibility index (Phi) is 3.69. The van der Waals surface area contributed by atoms with Crippen molar-refractivity contribution in [1.29, 1.82) is 0 Å². The maximum Gasteiger partial charge on any atom is 0.158 e. The van der Waals surface area contributed by atoms with Crippen molar-refractivity contribution in [2.75, 3.05) is 0 Å². The van der Waals surface area contributed by atoms with E-state index >= 15 is 0 Å². The van der Waals surface area contributed by atoms with Crippen LogP contribution in [0.3, 0.4) is 0 Å². The van der Waals surface area contributed by atoms with Gasteiger partial charge >= 0.3 is 0 Å². The molecule has 0 unspecified atom stereocenters. The van der Waals surface area contributed by atoms with Crippen LogP contribution in [0.2, 0.25) is 0 Å². The van der Waals surface area contributed by atoms with Crippen LogP contribution in [-0.4, -0.2) is 34.3 Å². The first-order valence-electron chi connectivity index (χ1n) is 8.31. The first kappa shape index (κ1) is 14.2. The second kappa shape index (κ2) is 5.98. The summed E-state index contributed by atoms with van der Waals surface area (Å²) < 4.78 is 4.33. The summed E-state index contributed by atoms with van der Waals surface area (Å²) in [6.07, 6.45) is 11.2. The van der Waals surface area contributed by atoms with Gasteiger partial charge in [0.25, 0.3) is 0 Å². The molecule has 0 amide bonds. The predicted molar refractivity (Wildman–Crippen MR) is 85.9 cm³/mol. The molecule has 3 aromatic rings. The van der Waals surface area contributed by atoms with Crippen LogP contribution in [0.15, 0.2) is 18.6 Å². The van der Waals surface area contributed by atoms with Crippen molar-refractivity contribution in [2.24, 2.45) is 0 Å². The molecule has 7 heteroatoms. The Bertz CT molecular complexity index is 795. The maximum absolute atomic E-state index is 4.49. The lowest BCUT2D eigenvalue weighted by Crippen LogP contribution is -2.08. The molecular formula is C16H21N7. The lowest BCUT2D eigenvalue weighted by Gasteiger charge is -2.07. The molecule has 0 saturated carbocycles. The topological polar surface area (TPSA) is 77.2 Å². The third-order valence-electron chi connectivity index (χ3n) is 4.35. The monoisotopic (exact) mass is 311 g/mol. The number of unbranched alkanes of at least 4 members (excludes halogenated alkanes) is 1. The molecule has 1 N–H and O–H groups in total. The molecule has 0 aliphatic carbocycles. The van der Waals surface area contributed by atoms with Crippen LogP contribution in [0.25, 0.3) is 11.5 Å². The van der Waals surface area contributed by atoms with Gasteiger partial charge in [0, 0.05) is 31.8 Å². The highest BCUT2D eigenvalue weighted by atomic mass is 15.3. The average molecular weight is 311 g/mol. The normalized spacial score (nSPS) is 13.6. The van der Waals surface area contributed by atoms with Crippen molar-refractivity contribution >= 4 is 0 Å². The summed E-state index contributed by atoms with van der Waals surface area (Å²) in [5.74, 6) is 4.03. The van der Waals surface area contributed by atoms with Crippen LogP contribution < -0.4 is 0 Å². The van der Waals surface area contributed by atoms with Gasteiger partial charge in [0.2, 0.25) is 0 Å². The van der Waals surface area contributed by atoms with Gasteiger partial charge in [0.1, 0.15) is 17.3 Å². The van der Waals surface area contributed by atoms with E-state index < -0.39 is 0 Å². The number of aryl methyl sites for hydroxylation is 2. The number of hydrogen-bond donors (Lipinski definition) is 1. The van der Waals surface area contributed by atoms with E-state index in [9.17, 15) is 0 Å². The minimum Gasteiger partial charge on any atom is -0.339 e. The summed E-state index contributed by atoms with van der Waals surface area (Å²) in [6, 6.07) is 0. The minimum atomic E-state index is 0.686. The SMILES string of the molecule is CCCCc1ncc(-c2nccn2Cc2nnc3n2CCC3)[nH]1. The summed E-state index contributed by atoms with van der Waals surface area (Å²) in [6.45, 7) is 3.89. The number of aromatic amines is 1. The van der Waals surface area contributed by atoms with E-state index in [1.54, 1.807) is 0 Å². The summed E-state index contributed by atoms with van der Waals surface area (Å²) in [5.41, 5.74) is 0.960. The number of imidazole rings is 2. The third kappa shape index (κ3) is 2.67. The van der Waals surface area contributed by atoms with Crippen LogP contribution in [0, 0.1) is 0 Å². The molecule has 4 heterocycles. The fourth-order valence-corrected chi connectivity index (χ4v) is 3.11. The Morgan fingerprint density at radius 1 is 1.26 bits per heavy atom. The maximum atomic E-state index is 4.49. The number of hydrogen-bond acceptors (Lipinski definition) is 4. The summed E-state index contributed by atoms with van der Waals surface area (Å²) in [5, 5.41) is 8.61. The first-order chi connectivity index (χ1) is 11.3. The van der Waals surface area contributed by atoms with E-state index in [0.717, 1.165) is 61.2 Å². The molecule has 7 nitrogen and oxygen atoms in total. The Labute approximate surface area is 134 Å². The summed E-state index contributed by atoms with van der Waals surface area (Å²) in [4.78, 5) is 12.3. The Hall–Kier alpha value is -2.44. The summed E-state index contributed by atoms with van der Waals surface area (Å²) >= 11 is 0. The number of H-pyrrole nitrogens is 1. The fourth-order valence-electron chi connectivity index (χ4n) is 3.11. The smallest absolute Gasteiger partial charge is 0.158 e. The van der Waals surface area contributed by atoms with Crippen molar-refractivity contribution in [3.05, 3.63) is 36.1 Å². The molecule has 0 fully saturated rings. The molecule has 3 aromatic heterocycles. The van der Waals surface area contributed by atoms with Gasteiger partial charge in [-0.1, -0.05) is 13.3 Å². The van der Waals surface area contributed by atoms with Crippen molar-refractivity contribution < 1.29 is 0 Å². The van der Waals surface area contributed by atoms with Crippen molar-refractivity contribution in [2.45, 2.75) is 52.1 Å². The van der Waals surface area contributed by atoms with Crippen molar-refractivity contribution in [1.82, 2.24) is 34.3 Å². The van der Waals surface area contributed by atoms with E-state index in [2.05, 4.69) is 41.2 Å². The van der Waals surface area contributed by atoms with Crippen LogP contribution in [-0.2, 0) is 25.9 Å². The molecule has 120 valence electrons. The Morgan fingerprint density at radius 2 is 2.22 bits per heavy atom. The van der Waals surface area contributed by atoms with Gasteiger partial charge in [0.15, 0.2) is 11.6 Å². The van der Waals surface area contributed by atoms with Crippen LogP contribution >= 0.6 is 0 Å². The molecule has 0 saturated heterocycles. The third-order valence-corrected chi connectivity index (χ3v) is 4.35. The van der Waals surface area contributed by atoms with Gasteiger partial charge in [-0.25, -0.2) is 9.97 Å². The zero-order chi connectivity index (χ0) is 15.6. The van der Waals surface area contributed by atoms with Gasteiger partial charge in [0.05, 0.1) is 12.7 Å². The molecule has 4 rings (SSSR count). The zero-order valence-electron chi connectivity index (χ0n) is 13.4. The molecule has 1 aliphatic heterocycles. The van der Waals surface area contributed by atoms with Crippen molar-refractivity contribution in [3.63, 3.8) is 0 Å². The van der Waals surface area contributed by atoms with Crippen LogP contribution in [0.4, 0.5) is 0 Å². The average Bonchev–Trinajstić information content (AvgIpc) is 3.31. The molecule has 0 bridgehead atoms. The van der Waals surface area contributed by atoms with Gasteiger partial charge in [-0.2, -0.15) is 0 Å². The number of rotatable bonds is 6. The number of nitrogens with zero attached hydrogens (tertiary/aromatic N) is 6. The number of fused-ring (bicyclic) bond motifs is 1. The first-order valence-corrected chi connectivity index (χ1v) is 8.31. The highest BCUT2D eigenvalue weighted by Gasteiger charge is 2.18. The highest BCUT2D eigenvalue weighted by Crippen LogP contribution is 2.19. The van der Waals surface area contributed by atoms with Crippen LogP contribution in [0.5, 0.6) is 0 Å². The molecular weight excluding hydrogens is 290 g/mol. The fraction of sp³-hybridized carbons (Fsp3) is 0.500. The molecule has 0 radical (unpaired) electrons. The van der Waals surface area contributed by atoms with E-state index in [0.29, 0.717) is 6.54 Å². The van der Waals surface area contributed by atoms with Gasteiger partial charge in [-0.15, -0.1) is 10.2 Å². The van der Waals surface area contributed by atoms with E-state index in [-0.39, 0.29) is 0 Å². The standard InChI is InChI=1S/C16H21N7/c1-2-3-5-13-18-10-12(19-13)16-17-7-9-22(16)11-15-21-20-14-6-4-8-23(14)15/h7,9-10H,2-6,8,11H2,1H3,(H,18,19). The molecule has 0 spiro atoms. The quantitative estimate of drug-likeness (QED) is 0.757. The van der Waals surface area contributed by atoms with Crippen LogP contribution in [0.1, 0.15) is 43.7 Å². The largest absolute Gasteiger partial charge is 0.339 e. The molecule has 0 aromatic carbocycles. The van der Waals surface area contributed by atoms with E-state index in [1.165, 1.54) is 6.42 Å². The highest BCUT2D eigenvalue weighted by molar-refractivity contribution is 5.48. The Balaban J connectivity index is 1.57. The van der Waals surface area contributed by atoms with E-state index in [4.69, 9.17) is 0 Å². The molecule has 0 atom stereocenters. The van der Waals surface area contributed by atoms with Crippen molar-refractivity contribution in [3.8, 4) is 11.5 Å². The number of nitrogens with one attached hydrogen (secondary N) is 1. The lowest BCUT2D eigenvalue weighted by atomic mass is 10.2. The summed E-state index contributed by atoms with van der Waals surface area (Å²) in [7, 11) is 0. The second-order valence-corrected chi connectivity index (χ2v) is 6.01. The number of aromatic nitrogens is 7.